The third-order valence-corrected chi connectivity index (χ3v) is 11.3. The van der Waals surface area contributed by atoms with Gasteiger partial charge in [0.05, 0.1) is 19.3 Å². The lowest BCUT2D eigenvalue weighted by molar-refractivity contribution is -0.354. The largest absolute Gasteiger partial charge is 0.507 e. The van der Waals surface area contributed by atoms with Crippen LogP contribution in [0.1, 0.15) is 25.0 Å². The fourth-order valence-corrected chi connectivity index (χ4v) is 7.42. The molecule has 0 bridgehead atoms. The van der Waals surface area contributed by atoms with Crippen LogP contribution in [-0.4, -0.2) is 163 Å². The van der Waals surface area contributed by atoms with Crippen LogP contribution in [0, 0.1) is 6.92 Å². The lowest BCUT2D eigenvalue weighted by Crippen LogP contribution is -2.64. The maximum absolute atomic E-state index is 14.6. The summed E-state index contributed by atoms with van der Waals surface area (Å²) in [7, 11) is 1.25. The van der Waals surface area contributed by atoms with Crippen molar-refractivity contribution in [3.05, 3.63) is 82.0 Å². The summed E-state index contributed by atoms with van der Waals surface area (Å²) in [4.78, 5) is 27.4. The van der Waals surface area contributed by atoms with Gasteiger partial charge < -0.3 is 93.4 Å². The van der Waals surface area contributed by atoms with Gasteiger partial charge in [0.1, 0.15) is 84.0 Å². The number of aliphatic hydroxyl groups is 8. The molecule has 21 nitrogen and oxygen atoms in total. The number of hydrogen-bond donors (Lipinski definition) is 10. The Morgan fingerprint density at radius 1 is 0.708 bits per heavy atom. The van der Waals surface area contributed by atoms with Gasteiger partial charge in [0.2, 0.25) is 23.8 Å². The zero-order valence-electron chi connectivity index (χ0n) is 35.2. The van der Waals surface area contributed by atoms with Crippen LogP contribution in [0.2, 0.25) is 0 Å². The van der Waals surface area contributed by atoms with Gasteiger partial charge >= 0.3 is 5.97 Å². The Kier molecular flexibility index (Phi) is 14.3. The molecule has 0 saturated carbocycles. The van der Waals surface area contributed by atoms with E-state index in [1.807, 2.05) is 19.1 Å². The number of rotatable bonds is 12. The maximum Gasteiger partial charge on any atom is 0.330 e. The molecule has 4 heterocycles. The smallest absolute Gasteiger partial charge is 0.330 e. The number of aryl methyl sites for hydroxylation is 1. The van der Waals surface area contributed by atoms with E-state index < -0.39 is 133 Å². The van der Waals surface area contributed by atoms with Gasteiger partial charge in [-0.05, 0) is 50.6 Å². The van der Waals surface area contributed by atoms with E-state index in [0.717, 1.165) is 23.8 Å². The number of carbonyl (C=O) groups is 1. The van der Waals surface area contributed by atoms with Crippen molar-refractivity contribution in [3.8, 4) is 40.1 Å². The molecule has 3 aliphatic heterocycles. The van der Waals surface area contributed by atoms with Crippen LogP contribution < -0.4 is 19.6 Å². The quantitative estimate of drug-likeness (QED) is 0.0644. The van der Waals surface area contributed by atoms with Crippen LogP contribution in [0.5, 0.6) is 28.7 Å². The SMILES string of the molecule is COc1cc(-c2oc3cc(O[C@@H]4OC(C)[C@H](O)[C@H](O)C4O)cc(O)c3c(=O)c2O[C@@H]2OC(COC(=O)/C=C/c3ccc(C)cc3)[C@@H](O)[C@H](O)C2O[C@@H]2OC(C)[C@H](O)[C@H](O)C2O)ccc1O. The average molecular weight is 915 g/mol. The standard InChI is InChI=1S/C44H50O21/c1-17-5-7-20(8-6-17)9-12-28(47)58-16-27-32(50)36(54)41(65-43-38(56)35(53)31(49)19(3)60-43)44(63-27)64-40-33(51)29-24(46)14-22(61-42-37(55)34(52)30(48)18(2)59-42)15-26(29)62-39(40)21-10-11-23(45)25(13-21)57-4/h5-15,18-19,27,30-32,34-38,41-46,48-50,52-56H,16H2,1-4H3/b12-9+/t18?,19?,27?,30-,31-,32+,34-,35-,36-,37?,38?,41?,42-,43-,44-/m0/s1. The van der Waals surface area contributed by atoms with Crippen molar-refractivity contribution in [2.45, 2.75) is 113 Å². The first-order valence-electron chi connectivity index (χ1n) is 20.4. The second-order valence-electron chi connectivity index (χ2n) is 15.9. The molecule has 7 rings (SSSR count). The van der Waals surface area contributed by atoms with Crippen LogP contribution >= 0.6 is 0 Å². The number of phenolic OH excluding ortho intramolecular Hbond substituents is 2. The molecule has 0 aliphatic carbocycles. The Bertz CT molecular complexity index is 2400. The Balaban J connectivity index is 1.27. The number of methoxy groups -OCH3 is 1. The number of aliphatic hydroxyl groups excluding tert-OH is 8. The predicted molar refractivity (Wildman–Crippen MR) is 220 cm³/mol. The molecule has 3 aromatic carbocycles. The van der Waals surface area contributed by atoms with Gasteiger partial charge in [-0.3, -0.25) is 4.79 Å². The topological polar surface area (TPSA) is 323 Å². The van der Waals surface area contributed by atoms with E-state index in [2.05, 4.69) is 0 Å². The number of fused-ring (bicyclic) bond motifs is 1. The first-order valence-corrected chi connectivity index (χ1v) is 20.4. The molecule has 0 amide bonds. The molecule has 3 aliphatic rings. The Hall–Kier alpha value is -5.40. The van der Waals surface area contributed by atoms with Crippen molar-refractivity contribution in [3.63, 3.8) is 0 Å². The molecule has 352 valence electrons. The van der Waals surface area contributed by atoms with Gasteiger partial charge in [0.25, 0.3) is 0 Å². The third kappa shape index (κ3) is 9.92. The summed E-state index contributed by atoms with van der Waals surface area (Å²) in [6.07, 6.45) is -22.5. The van der Waals surface area contributed by atoms with E-state index >= 15 is 0 Å². The summed E-state index contributed by atoms with van der Waals surface area (Å²) in [6.45, 7) is 3.99. The summed E-state index contributed by atoms with van der Waals surface area (Å²) in [5.41, 5.74) is 0.245. The lowest BCUT2D eigenvalue weighted by Gasteiger charge is -2.45. The summed E-state index contributed by atoms with van der Waals surface area (Å²) in [5, 5.41) is 107. The van der Waals surface area contributed by atoms with E-state index in [9.17, 15) is 60.7 Å². The fraction of sp³-hybridized carbons (Fsp3) is 0.455. The van der Waals surface area contributed by atoms with Crippen molar-refractivity contribution < 1.29 is 98.2 Å². The highest BCUT2D eigenvalue weighted by Crippen LogP contribution is 2.41. The van der Waals surface area contributed by atoms with Crippen molar-refractivity contribution in [1.29, 1.82) is 0 Å². The molecule has 4 aromatic rings. The molecule has 3 fully saturated rings. The number of carbonyl (C=O) groups excluding carboxylic acids is 1. The van der Waals surface area contributed by atoms with Crippen molar-refractivity contribution in [1.82, 2.24) is 0 Å². The molecule has 3 saturated heterocycles. The van der Waals surface area contributed by atoms with E-state index in [-0.39, 0.29) is 28.4 Å². The summed E-state index contributed by atoms with van der Waals surface area (Å²) in [6, 6.07) is 13.1. The predicted octanol–water partition coefficient (Wildman–Crippen LogP) is -0.311. The maximum atomic E-state index is 14.6. The average Bonchev–Trinajstić information content (AvgIpc) is 3.28. The number of aromatic hydroxyl groups is 2. The second-order valence-corrected chi connectivity index (χ2v) is 15.9. The van der Waals surface area contributed by atoms with Crippen LogP contribution in [0.15, 0.2) is 69.9 Å². The fourth-order valence-electron chi connectivity index (χ4n) is 7.42. The van der Waals surface area contributed by atoms with E-state index in [0.29, 0.717) is 5.56 Å². The number of phenols is 2. The monoisotopic (exact) mass is 914 g/mol. The van der Waals surface area contributed by atoms with Crippen LogP contribution in [0.3, 0.4) is 0 Å². The molecule has 0 spiro atoms. The van der Waals surface area contributed by atoms with Crippen molar-refractivity contribution >= 4 is 23.0 Å². The lowest BCUT2D eigenvalue weighted by atomic mass is 9.97. The van der Waals surface area contributed by atoms with Gasteiger partial charge in [-0.25, -0.2) is 4.79 Å². The minimum absolute atomic E-state index is 0.00751. The van der Waals surface area contributed by atoms with Crippen LogP contribution in [0.4, 0.5) is 0 Å². The number of esters is 1. The normalized spacial score (nSPS) is 32.9. The summed E-state index contributed by atoms with van der Waals surface area (Å²) >= 11 is 0. The first-order chi connectivity index (χ1) is 30.9. The van der Waals surface area contributed by atoms with Gasteiger partial charge in [-0.1, -0.05) is 29.8 Å². The minimum Gasteiger partial charge on any atom is -0.507 e. The second kappa shape index (κ2) is 19.6. The van der Waals surface area contributed by atoms with Gasteiger partial charge in [0.15, 0.2) is 29.7 Å². The highest BCUT2D eigenvalue weighted by atomic mass is 16.8. The van der Waals surface area contributed by atoms with E-state index in [1.165, 1.54) is 45.2 Å². The summed E-state index contributed by atoms with van der Waals surface area (Å²) < 4.78 is 51.8. The molecule has 6 unspecified atom stereocenters. The number of benzene rings is 3. The third-order valence-electron chi connectivity index (χ3n) is 11.3. The van der Waals surface area contributed by atoms with E-state index in [1.54, 1.807) is 12.1 Å². The summed E-state index contributed by atoms with van der Waals surface area (Å²) in [5.74, 6) is -3.44. The molecular weight excluding hydrogens is 864 g/mol. The highest BCUT2D eigenvalue weighted by molar-refractivity contribution is 5.89. The Morgan fingerprint density at radius 2 is 1.35 bits per heavy atom. The van der Waals surface area contributed by atoms with Crippen LogP contribution in [-0.2, 0) is 28.5 Å². The highest BCUT2D eigenvalue weighted by Gasteiger charge is 2.52. The zero-order chi connectivity index (χ0) is 47.0. The molecule has 65 heavy (non-hydrogen) atoms. The Labute approximate surface area is 369 Å². The zero-order valence-corrected chi connectivity index (χ0v) is 35.2. The van der Waals surface area contributed by atoms with Crippen molar-refractivity contribution in [2.75, 3.05) is 13.7 Å². The molecule has 0 radical (unpaired) electrons. The van der Waals surface area contributed by atoms with Crippen molar-refractivity contribution in [2.24, 2.45) is 0 Å². The Morgan fingerprint density at radius 3 is 2.02 bits per heavy atom. The number of ether oxygens (including phenoxy) is 8. The molecule has 10 N–H and O–H groups in total. The molecule has 1 aromatic heterocycles. The minimum atomic E-state index is -2.03. The number of hydrogen-bond acceptors (Lipinski definition) is 21. The molecule has 15 atom stereocenters. The van der Waals surface area contributed by atoms with E-state index in [4.69, 9.17) is 42.3 Å². The van der Waals surface area contributed by atoms with Gasteiger partial charge in [0, 0.05) is 23.8 Å². The van der Waals surface area contributed by atoms with Crippen LogP contribution in [0.25, 0.3) is 28.4 Å². The molecule has 21 heteroatoms. The first kappa shape index (κ1) is 47.6. The van der Waals surface area contributed by atoms with Gasteiger partial charge in [-0.15, -0.1) is 0 Å². The molecular formula is C44H50O21. The van der Waals surface area contributed by atoms with Gasteiger partial charge in [-0.2, -0.15) is 0 Å².